The summed E-state index contributed by atoms with van der Waals surface area (Å²) in [7, 11) is 0. The van der Waals surface area contributed by atoms with Crippen LogP contribution in [0.15, 0.2) is 53.1 Å². The van der Waals surface area contributed by atoms with Gasteiger partial charge in [-0.1, -0.05) is 32.9 Å². The van der Waals surface area contributed by atoms with E-state index in [0.29, 0.717) is 17.5 Å². The summed E-state index contributed by atoms with van der Waals surface area (Å²) in [5, 5.41) is 9.20. The second-order valence-electron chi connectivity index (χ2n) is 11.0. The van der Waals surface area contributed by atoms with Crippen LogP contribution in [0.4, 0.5) is 4.39 Å². The molecule has 0 saturated carbocycles. The first kappa shape index (κ1) is 27.5. The maximum Gasteiger partial charge on any atom is 0.267 e. The van der Waals surface area contributed by atoms with Gasteiger partial charge in [0.25, 0.3) is 11.5 Å². The lowest BCUT2D eigenvalue weighted by atomic mass is 9.82. The van der Waals surface area contributed by atoms with Crippen LogP contribution in [-0.2, 0) is 11.2 Å². The highest BCUT2D eigenvalue weighted by atomic mass is 19.1. The van der Waals surface area contributed by atoms with Crippen LogP contribution in [0.2, 0.25) is 0 Å². The number of hydrogen-bond acceptors (Lipinski definition) is 4. The molecule has 4 rings (SSSR count). The topological polar surface area (TPSA) is 95.2 Å². The van der Waals surface area contributed by atoms with Gasteiger partial charge in [-0.3, -0.25) is 14.4 Å². The summed E-state index contributed by atoms with van der Waals surface area (Å²) in [4.78, 5) is 40.4. The monoisotopic (exact) mass is 520 g/mol. The number of amides is 2. The van der Waals surface area contributed by atoms with Crippen molar-refractivity contribution in [3.05, 3.63) is 86.6 Å². The number of allylic oxidation sites excluding steroid dienone is 3. The average molecular weight is 521 g/mol. The van der Waals surface area contributed by atoms with E-state index in [0.717, 1.165) is 29.7 Å². The number of H-pyrrole nitrogens is 1. The van der Waals surface area contributed by atoms with Crippen LogP contribution >= 0.6 is 0 Å². The summed E-state index contributed by atoms with van der Waals surface area (Å²) >= 11 is 0. The van der Waals surface area contributed by atoms with Crippen molar-refractivity contribution in [2.75, 3.05) is 6.54 Å². The molecule has 2 amide bonds. The van der Waals surface area contributed by atoms with Crippen LogP contribution in [-0.4, -0.2) is 45.5 Å². The van der Waals surface area contributed by atoms with E-state index in [9.17, 15) is 18.8 Å². The van der Waals surface area contributed by atoms with Crippen molar-refractivity contribution in [3.8, 4) is 0 Å². The Bertz CT molecular complexity index is 1330. The molecule has 38 heavy (non-hydrogen) atoms. The summed E-state index contributed by atoms with van der Waals surface area (Å²) in [6.07, 6.45) is 7.11. The molecule has 1 aliphatic carbocycles. The summed E-state index contributed by atoms with van der Waals surface area (Å²) in [5.74, 6) is -0.435. The van der Waals surface area contributed by atoms with Gasteiger partial charge in [0, 0.05) is 35.5 Å². The Hall–Kier alpha value is -3.55. The zero-order chi connectivity index (χ0) is 27.6. The third-order valence-corrected chi connectivity index (χ3v) is 7.89. The molecule has 1 saturated heterocycles. The molecular formula is C30H37FN4O3. The summed E-state index contributed by atoms with van der Waals surface area (Å²) in [6, 6.07) is 7.04. The van der Waals surface area contributed by atoms with E-state index in [1.165, 1.54) is 6.08 Å². The molecule has 202 valence electrons. The number of aryl methyl sites for hydroxylation is 2. The van der Waals surface area contributed by atoms with Gasteiger partial charge in [-0.15, -0.1) is 0 Å². The Morgan fingerprint density at radius 3 is 2.66 bits per heavy atom. The van der Waals surface area contributed by atoms with Crippen LogP contribution in [0.1, 0.15) is 66.4 Å². The maximum absolute atomic E-state index is 14.1. The van der Waals surface area contributed by atoms with Crippen LogP contribution < -0.4 is 10.9 Å². The zero-order valence-corrected chi connectivity index (χ0v) is 22.8. The highest BCUT2D eigenvalue weighted by molar-refractivity contribution is 5.96. The fourth-order valence-corrected chi connectivity index (χ4v) is 5.77. The quantitative estimate of drug-likeness (QED) is 0.566. The van der Waals surface area contributed by atoms with Gasteiger partial charge in [-0.2, -0.15) is 5.10 Å². The van der Waals surface area contributed by atoms with E-state index >= 15 is 0 Å². The van der Waals surface area contributed by atoms with Crippen LogP contribution in [0.25, 0.3) is 0 Å². The Balaban J connectivity index is 1.44. The highest BCUT2D eigenvalue weighted by Crippen LogP contribution is 2.38. The zero-order valence-electron chi connectivity index (χ0n) is 22.8. The molecule has 1 aromatic heterocycles. The normalized spacial score (nSPS) is 23.0. The van der Waals surface area contributed by atoms with E-state index in [2.05, 4.69) is 36.3 Å². The number of benzene rings is 1. The number of hydrogen-bond donors (Lipinski definition) is 2. The molecule has 2 unspecified atom stereocenters. The number of nitrogens with one attached hydrogen (secondary N) is 2. The molecule has 2 aliphatic rings. The van der Waals surface area contributed by atoms with Crippen LogP contribution in [0.5, 0.6) is 0 Å². The first-order chi connectivity index (χ1) is 18.0. The van der Waals surface area contributed by atoms with Gasteiger partial charge in [0.15, 0.2) is 0 Å². The molecule has 4 atom stereocenters. The Kier molecular flexibility index (Phi) is 8.29. The number of nitrogens with zero attached hydrogens (tertiary/aromatic N) is 2. The molecule has 7 nitrogen and oxygen atoms in total. The molecule has 0 radical (unpaired) electrons. The SMILES string of the molecule is Cc1cc(Cc2ccc(C(=O)NCC(=O)N3[C@@H](C(C)C)CC[C@H]3C3C=C(F)C=CC3C)cc2C)c(=O)[nH]n1. The number of aromatic amines is 1. The predicted molar refractivity (Wildman–Crippen MR) is 145 cm³/mol. The van der Waals surface area contributed by atoms with Crippen molar-refractivity contribution < 1.29 is 14.0 Å². The third-order valence-electron chi connectivity index (χ3n) is 7.89. The van der Waals surface area contributed by atoms with Gasteiger partial charge in [-0.25, -0.2) is 9.49 Å². The molecule has 2 heterocycles. The number of carbonyl (C=O) groups is 2. The molecule has 1 fully saturated rings. The largest absolute Gasteiger partial charge is 0.343 e. The number of rotatable bonds is 7. The minimum absolute atomic E-state index is 0.0560. The average Bonchev–Trinajstić information content (AvgIpc) is 3.32. The summed E-state index contributed by atoms with van der Waals surface area (Å²) in [5.41, 5.74) is 3.38. The van der Waals surface area contributed by atoms with Gasteiger partial charge in [0.2, 0.25) is 5.91 Å². The van der Waals surface area contributed by atoms with Crippen molar-refractivity contribution >= 4 is 11.8 Å². The first-order valence-electron chi connectivity index (χ1n) is 13.3. The van der Waals surface area contributed by atoms with Gasteiger partial charge < -0.3 is 10.2 Å². The number of aromatic nitrogens is 2. The van der Waals surface area contributed by atoms with E-state index in [1.807, 2.05) is 30.9 Å². The van der Waals surface area contributed by atoms with Gasteiger partial charge in [0.05, 0.1) is 12.2 Å². The van der Waals surface area contributed by atoms with Crippen molar-refractivity contribution in [2.45, 2.75) is 66.0 Å². The second-order valence-corrected chi connectivity index (χ2v) is 11.0. The lowest BCUT2D eigenvalue weighted by Gasteiger charge is -2.38. The number of halogens is 1. The predicted octanol–water partition coefficient (Wildman–Crippen LogP) is 4.40. The lowest BCUT2D eigenvalue weighted by Crippen LogP contribution is -2.50. The van der Waals surface area contributed by atoms with E-state index < -0.39 is 0 Å². The highest BCUT2D eigenvalue weighted by Gasteiger charge is 2.43. The Labute approximate surface area is 223 Å². The van der Waals surface area contributed by atoms with Crippen LogP contribution in [0, 0.1) is 31.6 Å². The molecule has 8 heteroatoms. The second kappa shape index (κ2) is 11.5. The molecule has 1 aromatic carbocycles. The molecule has 2 aromatic rings. The molecule has 2 N–H and O–H groups in total. The van der Waals surface area contributed by atoms with E-state index in [4.69, 9.17) is 0 Å². The van der Waals surface area contributed by atoms with Crippen molar-refractivity contribution in [1.82, 2.24) is 20.4 Å². The summed E-state index contributed by atoms with van der Waals surface area (Å²) in [6.45, 7) is 9.84. The Morgan fingerprint density at radius 2 is 1.95 bits per heavy atom. The molecule has 0 bridgehead atoms. The van der Waals surface area contributed by atoms with Crippen molar-refractivity contribution in [3.63, 3.8) is 0 Å². The van der Waals surface area contributed by atoms with Crippen LogP contribution in [0.3, 0.4) is 0 Å². The molecular weight excluding hydrogens is 483 g/mol. The Morgan fingerprint density at radius 1 is 1.18 bits per heavy atom. The fourth-order valence-electron chi connectivity index (χ4n) is 5.77. The van der Waals surface area contributed by atoms with Gasteiger partial charge in [-0.05, 0) is 80.0 Å². The minimum atomic E-state index is -0.331. The lowest BCUT2D eigenvalue weighted by molar-refractivity contribution is -0.134. The maximum atomic E-state index is 14.1. The fraction of sp³-hybridized carbons (Fsp3) is 0.467. The standard InChI is InChI=1S/C30H37FN4O3/c1-17(2)26-10-11-27(25-15-24(31)9-6-18(25)3)35(26)28(36)16-32-29(37)22-8-7-21(19(4)12-22)14-23-13-20(5)33-34-30(23)38/h6-9,12-13,15,17-18,25-27H,10-11,14,16H2,1-5H3,(H,32,37)(H,34,38)/t18?,25?,26-,27+/m1/s1. The smallest absolute Gasteiger partial charge is 0.267 e. The minimum Gasteiger partial charge on any atom is -0.343 e. The van der Waals surface area contributed by atoms with E-state index in [-0.39, 0.29) is 59.6 Å². The summed E-state index contributed by atoms with van der Waals surface area (Å²) < 4.78 is 14.1. The van der Waals surface area contributed by atoms with E-state index in [1.54, 1.807) is 24.3 Å². The van der Waals surface area contributed by atoms with Crippen molar-refractivity contribution in [2.24, 2.45) is 17.8 Å². The first-order valence-corrected chi connectivity index (χ1v) is 13.3. The third kappa shape index (κ3) is 5.95. The molecule has 1 aliphatic heterocycles. The number of likely N-dealkylation sites (tertiary alicyclic amines) is 1. The van der Waals surface area contributed by atoms with Crippen molar-refractivity contribution in [1.29, 1.82) is 0 Å². The molecule has 0 spiro atoms. The number of carbonyl (C=O) groups excluding carboxylic acids is 2. The van der Waals surface area contributed by atoms with Gasteiger partial charge in [0.1, 0.15) is 5.83 Å². The van der Waals surface area contributed by atoms with Gasteiger partial charge >= 0.3 is 0 Å².